The van der Waals surface area contributed by atoms with Gasteiger partial charge in [0.15, 0.2) is 5.82 Å². The predicted molar refractivity (Wildman–Crippen MR) is 107 cm³/mol. The maximum Gasteiger partial charge on any atom is 0.451 e. The van der Waals surface area contributed by atoms with Crippen LogP contribution in [0, 0.1) is 5.82 Å². The zero-order chi connectivity index (χ0) is 23.3. The van der Waals surface area contributed by atoms with Crippen molar-refractivity contribution < 1.29 is 22.4 Å². The molecule has 1 aliphatic rings. The number of nitrogens with zero attached hydrogens (tertiary/aromatic N) is 5. The minimum atomic E-state index is -4.65. The molecule has 1 aromatic carbocycles. The van der Waals surface area contributed by atoms with Gasteiger partial charge in [-0.3, -0.25) is 9.59 Å². The molecule has 0 spiro atoms. The number of nitrogens with one attached hydrogen (secondary N) is 1. The first-order valence-corrected chi connectivity index (χ1v) is 9.97. The summed E-state index contributed by atoms with van der Waals surface area (Å²) in [5, 5.41) is 6.74. The molecule has 4 aromatic rings. The summed E-state index contributed by atoms with van der Waals surface area (Å²) in [6.45, 7) is -0.400. The predicted octanol–water partition coefficient (Wildman–Crippen LogP) is 2.62. The Bertz CT molecular complexity index is 1430. The number of H-pyrrole nitrogens is 1. The van der Waals surface area contributed by atoms with Crippen LogP contribution in [-0.4, -0.2) is 41.5 Å². The molecule has 8 nitrogen and oxygen atoms in total. The number of amides is 1. The molecule has 3 aromatic heterocycles. The Kier molecular flexibility index (Phi) is 4.80. The summed E-state index contributed by atoms with van der Waals surface area (Å²) in [6.07, 6.45) is -1.05. The van der Waals surface area contributed by atoms with Crippen LogP contribution in [0.15, 0.2) is 47.5 Å². The molecule has 1 N–H and O–H groups in total. The Labute approximate surface area is 183 Å². The van der Waals surface area contributed by atoms with Gasteiger partial charge in [0.2, 0.25) is 5.82 Å². The molecule has 1 amide bonds. The summed E-state index contributed by atoms with van der Waals surface area (Å²) in [4.78, 5) is 28.8. The lowest BCUT2D eigenvalue weighted by atomic mass is 10.0. The number of carbonyl (C=O) groups is 1. The summed E-state index contributed by atoms with van der Waals surface area (Å²) in [5.41, 5.74) is 1.38. The second-order valence-corrected chi connectivity index (χ2v) is 7.68. The number of fused-ring (bicyclic) bond motifs is 2. The molecule has 4 heterocycles. The molecule has 0 unspecified atom stereocenters. The van der Waals surface area contributed by atoms with Gasteiger partial charge in [0.05, 0.1) is 12.1 Å². The molecule has 0 atom stereocenters. The number of rotatable bonds is 3. The van der Waals surface area contributed by atoms with E-state index in [1.165, 1.54) is 23.1 Å². The quantitative estimate of drug-likeness (QED) is 0.476. The lowest BCUT2D eigenvalue weighted by Gasteiger charge is -2.28. The van der Waals surface area contributed by atoms with Crippen molar-refractivity contribution in [3.63, 3.8) is 0 Å². The van der Waals surface area contributed by atoms with Gasteiger partial charge in [0.25, 0.3) is 11.5 Å². The minimum Gasteiger partial charge on any atom is -0.329 e. The molecule has 12 heteroatoms. The Balaban J connectivity index is 1.41. The van der Waals surface area contributed by atoms with Crippen molar-refractivity contribution in [2.75, 3.05) is 6.54 Å². The molecule has 0 radical (unpaired) electrons. The Morgan fingerprint density at radius 3 is 2.76 bits per heavy atom. The summed E-state index contributed by atoms with van der Waals surface area (Å²) >= 11 is 0. The van der Waals surface area contributed by atoms with E-state index in [4.69, 9.17) is 0 Å². The van der Waals surface area contributed by atoms with Gasteiger partial charge >= 0.3 is 6.18 Å². The molecule has 1 aliphatic heterocycles. The monoisotopic (exact) mass is 460 g/mol. The first kappa shape index (κ1) is 20.9. The van der Waals surface area contributed by atoms with Gasteiger partial charge in [-0.05, 0) is 29.8 Å². The number of aromatic amines is 1. The molecule has 5 rings (SSSR count). The molecular formula is C21H16F4N6O2. The van der Waals surface area contributed by atoms with Gasteiger partial charge in [-0.25, -0.2) is 4.39 Å². The van der Waals surface area contributed by atoms with Crippen molar-refractivity contribution in [3.05, 3.63) is 87.4 Å². The maximum atomic E-state index is 14.5. The van der Waals surface area contributed by atoms with E-state index >= 15 is 0 Å². The third-order valence-electron chi connectivity index (χ3n) is 5.60. The Morgan fingerprint density at radius 1 is 1.15 bits per heavy atom. The fourth-order valence-electron chi connectivity index (χ4n) is 4.01. The molecule has 0 saturated carbocycles. The Hall–Kier alpha value is -3.96. The van der Waals surface area contributed by atoms with Crippen LogP contribution in [-0.2, 0) is 25.7 Å². The zero-order valence-electron chi connectivity index (χ0n) is 16.9. The highest BCUT2D eigenvalue weighted by molar-refractivity contribution is 5.94. The van der Waals surface area contributed by atoms with Gasteiger partial charge in [0.1, 0.15) is 11.3 Å². The van der Waals surface area contributed by atoms with E-state index in [0.29, 0.717) is 17.5 Å². The van der Waals surface area contributed by atoms with E-state index in [9.17, 15) is 27.2 Å². The second-order valence-electron chi connectivity index (χ2n) is 7.68. The number of hydrogen-bond donors (Lipinski definition) is 1. The van der Waals surface area contributed by atoms with Crippen molar-refractivity contribution in [1.29, 1.82) is 0 Å². The lowest BCUT2D eigenvalue weighted by Crippen LogP contribution is -2.39. The standard InChI is InChI=1S/C21H16F4N6O2/c22-15-4-3-12(8-13-10-26-18(32)16-2-1-5-30(13)16)9-14(15)19(33)29-6-7-31-17(11-29)27-28-20(31)21(23,24)25/h1-5,9-10H,6-8,11H2,(H,26,32). The molecule has 0 aliphatic carbocycles. The first-order valence-electron chi connectivity index (χ1n) is 9.97. The van der Waals surface area contributed by atoms with Gasteiger partial charge in [-0.15, -0.1) is 10.2 Å². The average Bonchev–Trinajstić information content (AvgIpc) is 3.43. The van der Waals surface area contributed by atoms with Gasteiger partial charge in [-0.2, -0.15) is 13.2 Å². The first-order chi connectivity index (χ1) is 15.7. The van der Waals surface area contributed by atoms with Gasteiger partial charge < -0.3 is 18.9 Å². The van der Waals surface area contributed by atoms with Crippen LogP contribution in [0.5, 0.6) is 0 Å². The van der Waals surface area contributed by atoms with Crippen molar-refractivity contribution >= 4 is 11.4 Å². The molecule has 0 fully saturated rings. The molecule has 0 saturated heterocycles. The fourth-order valence-corrected chi connectivity index (χ4v) is 4.01. The smallest absolute Gasteiger partial charge is 0.329 e. The van der Waals surface area contributed by atoms with E-state index in [1.807, 2.05) is 0 Å². The topological polar surface area (TPSA) is 88.3 Å². The molecular weight excluding hydrogens is 444 g/mol. The minimum absolute atomic E-state index is 0.0123. The van der Waals surface area contributed by atoms with Gasteiger partial charge in [-0.1, -0.05) is 6.07 Å². The number of halogens is 4. The van der Waals surface area contributed by atoms with Gasteiger partial charge in [0, 0.05) is 37.6 Å². The van der Waals surface area contributed by atoms with E-state index in [2.05, 4.69) is 15.2 Å². The number of hydrogen-bond acceptors (Lipinski definition) is 4. The third kappa shape index (κ3) is 3.66. The summed E-state index contributed by atoms with van der Waals surface area (Å²) in [7, 11) is 0. The van der Waals surface area contributed by atoms with Crippen molar-refractivity contribution in [1.82, 2.24) is 29.0 Å². The van der Waals surface area contributed by atoms with E-state index in [0.717, 1.165) is 10.3 Å². The summed E-state index contributed by atoms with van der Waals surface area (Å²) in [5.74, 6) is -2.51. The highest BCUT2D eigenvalue weighted by atomic mass is 19.4. The largest absolute Gasteiger partial charge is 0.451 e. The van der Waals surface area contributed by atoms with Crippen molar-refractivity contribution in [2.45, 2.75) is 25.7 Å². The van der Waals surface area contributed by atoms with Crippen LogP contribution in [0.2, 0.25) is 0 Å². The molecule has 33 heavy (non-hydrogen) atoms. The maximum absolute atomic E-state index is 14.5. The highest BCUT2D eigenvalue weighted by Crippen LogP contribution is 2.30. The molecule has 0 bridgehead atoms. The van der Waals surface area contributed by atoms with Crippen molar-refractivity contribution in [3.8, 4) is 0 Å². The molecule has 170 valence electrons. The van der Waals surface area contributed by atoms with Crippen LogP contribution in [0.1, 0.15) is 33.3 Å². The van der Waals surface area contributed by atoms with Crippen LogP contribution in [0.25, 0.3) is 5.52 Å². The number of carbonyl (C=O) groups excluding carboxylic acids is 1. The number of aromatic nitrogens is 5. The van der Waals surface area contributed by atoms with E-state index in [1.54, 1.807) is 28.9 Å². The Morgan fingerprint density at radius 2 is 1.97 bits per heavy atom. The van der Waals surface area contributed by atoms with Crippen molar-refractivity contribution in [2.24, 2.45) is 0 Å². The number of alkyl halides is 3. The lowest BCUT2D eigenvalue weighted by molar-refractivity contribution is -0.147. The van der Waals surface area contributed by atoms with E-state index < -0.39 is 23.7 Å². The fraction of sp³-hybridized carbons (Fsp3) is 0.238. The summed E-state index contributed by atoms with van der Waals surface area (Å²) in [6, 6.07) is 7.52. The van der Waals surface area contributed by atoms with E-state index in [-0.39, 0.29) is 36.6 Å². The van der Waals surface area contributed by atoms with Crippen LogP contribution in [0.4, 0.5) is 17.6 Å². The second kappa shape index (κ2) is 7.57. The third-order valence-corrected chi connectivity index (χ3v) is 5.60. The zero-order valence-corrected chi connectivity index (χ0v) is 16.9. The number of benzene rings is 1. The average molecular weight is 460 g/mol. The summed E-state index contributed by atoms with van der Waals surface area (Å²) < 4.78 is 56.3. The SMILES string of the molecule is O=C(c1cc(Cc2c[nH]c(=O)c3cccn23)ccc1F)N1CCn2c(nnc2C(F)(F)F)C1. The van der Waals surface area contributed by atoms with Crippen LogP contribution in [0.3, 0.4) is 0 Å². The van der Waals surface area contributed by atoms with Crippen LogP contribution < -0.4 is 5.56 Å². The normalized spacial score (nSPS) is 14.0. The van der Waals surface area contributed by atoms with Crippen LogP contribution >= 0.6 is 0 Å². The highest BCUT2D eigenvalue weighted by Gasteiger charge is 2.40.